The van der Waals surface area contributed by atoms with Crippen LogP contribution in [0.25, 0.3) is 0 Å². The normalized spacial score (nSPS) is 16.7. The van der Waals surface area contributed by atoms with Crippen molar-refractivity contribution in [3.8, 4) is 5.75 Å². The van der Waals surface area contributed by atoms with Gasteiger partial charge in [0.05, 0.1) is 10.6 Å². The first-order valence-corrected chi connectivity index (χ1v) is 6.96. The highest BCUT2D eigenvalue weighted by molar-refractivity contribution is 6.32. The smallest absolute Gasteiger partial charge is 0.138 e. The van der Waals surface area contributed by atoms with Crippen LogP contribution in [0.3, 0.4) is 0 Å². The molecule has 4 heteroatoms. The lowest BCUT2D eigenvalue weighted by Gasteiger charge is -2.36. The summed E-state index contributed by atoms with van der Waals surface area (Å²) in [6.45, 7) is 5.38. The molecule has 0 amide bonds. The zero-order valence-corrected chi connectivity index (χ0v) is 11.7. The van der Waals surface area contributed by atoms with Crippen molar-refractivity contribution in [2.45, 2.75) is 31.4 Å². The number of halogens is 1. The molecular formula is C15H20ClNO2. The molecule has 1 aliphatic rings. The second-order valence-corrected chi connectivity index (χ2v) is 5.45. The molecule has 1 aromatic rings. The SMILES string of the molecule is C=CCOc1ccc(CNCC2(O)CCC2)cc1Cl. The lowest BCUT2D eigenvalue weighted by Crippen LogP contribution is -2.45. The van der Waals surface area contributed by atoms with E-state index in [1.165, 1.54) is 0 Å². The maximum atomic E-state index is 9.97. The van der Waals surface area contributed by atoms with Crippen molar-refractivity contribution in [2.75, 3.05) is 13.2 Å². The summed E-state index contributed by atoms with van der Waals surface area (Å²) in [4.78, 5) is 0. The van der Waals surface area contributed by atoms with Gasteiger partial charge in [-0.05, 0) is 37.0 Å². The molecule has 19 heavy (non-hydrogen) atoms. The average Bonchev–Trinajstić information content (AvgIpc) is 2.36. The van der Waals surface area contributed by atoms with Gasteiger partial charge in [0.25, 0.3) is 0 Å². The van der Waals surface area contributed by atoms with Gasteiger partial charge in [0.1, 0.15) is 12.4 Å². The minimum Gasteiger partial charge on any atom is -0.488 e. The second kappa shape index (κ2) is 6.42. The molecule has 0 spiro atoms. The Bertz CT molecular complexity index is 444. The molecule has 1 saturated carbocycles. The van der Waals surface area contributed by atoms with Gasteiger partial charge in [-0.1, -0.05) is 30.3 Å². The summed E-state index contributed by atoms with van der Waals surface area (Å²) in [7, 11) is 0. The molecule has 0 radical (unpaired) electrons. The van der Waals surface area contributed by atoms with Crippen LogP contribution in [0, 0.1) is 0 Å². The zero-order chi connectivity index (χ0) is 13.7. The molecule has 0 unspecified atom stereocenters. The van der Waals surface area contributed by atoms with E-state index in [0.29, 0.717) is 30.5 Å². The van der Waals surface area contributed by atoms with E-state index in [4.69, 9.17) is 16.3 Å². The molecule has 0 bridgehead atoms. The monoisotopic (exact) mass is 281 g/mol. The van der Waals surface area contributed by atoms with Crippen LogP contribution in [0.1, 0.15) is 24.8 Å². The molecule has 1 aromatic carbocycles. The molecule has 3 nitrogen and oxygen atoms in total. The van der Waals surface area contributed by atoms with Crippen LogP contribution in [0.5, 0.6) is 5.75 Å². The van der Waals surface area contributed by atoms with E-state index in [-0.39, 0.29) is 0 Å². The van der Waals surface area contributed by atoms with Crippen molar-refractivity contribution < 1.29 is 9.84 Å². The van der Waals surface area contributed by atoms with Crippen molar-refractivity contribution in [1.29, 1.82) is 0 Å². The standard InChI is InChI=1S/C15H20ClNO2/c1-2-8-19-14-5-4-12(9-13(14)16)10-17-11-15(18)6-3-7-15/h2,4-5,9,17-18H,1,3,6-8,10-11H2. The van der Waals surface area contributed by atoms with E-state index in [1.807, 2.05) is 18.2 Å². The van der Waals surface area contributed by atoms with Crippen LogP contribution in [0.4, 0.5) is 0 Å². The predicted molar refractivity (Wildman–Crippen MR) is 77.7 cm³/mol. The summed E-state index contributed by atoms with van der Waals surface area (Å²) < 4.78 is 5.42. The Morgan fingerprint density at radius 3 is 2.84 bits per heavy atom. The summed E-state index contributed by atoms with van der Waals surface area (Å²) in [5.74, 6) is 0.669. The highest BCUT2D eigenvalue weighted by atomic mass is 35.5. The minimum atomic E-state index is -0.489. The Morgan fingerprint density at radius 2 is 2.26 bits per heavy atom. The summed E-state index contributed by atoms with van der Waals surface area (Å²) in [6.07, 6.45) is 4.61. The van der Waals surface area contributed by atoms with Crippen molar-refractivity contribution in [2.24, 2.45) is 0 Å². The van der Waals surface area contributed by atoms with Gasteiger partial charge in [-0.25, -0.2) is 0 Å². The molecule has 1 aliphatic carbocycles. The van der Waals surface area contributed by atoms with Crippen LogP contribution in [0.15, 0.2) is 30.9 Å². The Balaban J connectivity index is 1.83. The highest BCUT2D eigenvalue weighted by Gasteiger charge is 2.33. The third kappa shape index (κ3) is 3.96. The van der Waals surface area contributed by atoms with Gasteiger partial charge in [-0.15, -0.1) is 0 Å². The molecule has 0 atom stereocenters. The zero-order valence-electron chi connectivity index (χ0n) is 11.0. The molecule has 0 heterocycles. The molecule has 1 fully saturated rings. The first kappa shape index (κ1) is 14.4. The summed E-state index contributed by atoms with van der Waals surface area (Å²) in [5.41, 5.74) is 0.593. The summed E-state index contributed by atoms with van der Waals surface area (Å²) in [5, 5.41) is 13.8. The molecular weight excluding hydrogens is 262 g/mol. The third-order valence-electron chi connectivity index (χ3n) is 3.42. The summed E-state index contributed by atoms with van der Waals surface area (Å²) >= 11 is 6.14. The lowest BCUT2D eigenvalue weighted by atomic mass is 9.80. The van der Waals surface area contributed by atoms with Crippen molar-refractivity contribution in [3.05, 3.63) is 41.4 Å². The number of nitrogens with one attached hydrogen (secondary N) is 1. The number of aliphatic hydroxyl groups is 1. The first-order valence-electron chi connectivity index (χ1n) is 6.58. The van der Waals surface area contributed by atoms with Crippen LogP contribution in [0.2, 0.25) is 5.02 Å². The van der Waals surface area contributed by atoms with Crippen molar-refractivity contribution >= 4 is 11.6 Å². The molecule has 0 aliphatic heterocycles. The van der Waals surface area contributed by atoms with Gasteiger partial charge in [0.2, 0.25) is 0 Å². The van der Waals surface area contributed by atoms with Gasteiger partial charge >= 0.3 is 0 Å². The lowest BCUT2D eigenvalue weighted by molar-refractivity contribution is -0.0314. The number of ether oxygens (including phenoxy) is 1. The number of benzene rings is 1. The van der Waals surface area contributed by atoms with Crippen LogP contribution in [-0.4, -0.2) is 23.9 Å². The summed E-state index contributed by atoms with van der Waals surface area (Å²) in [6, 6.07) is 5.72. The van der Waals surface area contributed by atoms with Crippen LogP contribution in [-0.2, 0) is 6.54 Å². The predicted octanol–water partition coefficient (Wildman–Crippen LogP) is 2.91. The number of hydrogen-bond donors (Lipinski definition) is 2. The van der Waals surface area contributed by atoms with Gasteiger partial charge in [-0.3, -0.25) is 0 Å². The molecule has 0 saturated heterocycles. The Hall–Kier alpha value is -1.03. The Morgan fingerprint density at radius 1 is 1.47 bits per heavy atom. The quantitative estimate of drug-likeness (QED) is 0.755. The average molecular weight is 282 g/mol. The fraction of sp³-hybridized carbons (Fsp3) is 0.467. The molecule has 104 valence electrons. The second-order valence-electron chi connectivity index (χ2n) is 5.05. The van der Waals surface area contributed by atoms with E-state index in [9.17, 15) is 5.11 Å². The largest absolute Gasteiger partial charge is 0.488 e. The molecule has 2 rings (SSSR count). The van der Waals surface area contributed by atoms with Gasteiger partial charge in [0, 0.05) is 13.1 Å². The van der Waals surface area contributed by atoms with Gasteiger partial charge in [0.15, 0.2) is 0 Å². The Labute approximate surface area is 119 Å². The van der Waals surface area contributed by atoms with E-state index >= 15 is 0 Å². The van der Waals surface area contributed by atoms with Crippen molar-refractivity contribution in [3.63, 3.8) is 0 Å². The van der Waals surface area contributed by atoms with E-state index < -0.39 is 5.60 Å². The van der Waals surface area contributed by atoms with Gasteiger partial charge < -0.3 is 15.2 Å². The maximum absolute atomic E-state index is 9.97. The Kier molecular flexibility index (Phi) is 4.86. The first-order chi connectivity index (χ1) is 9.13. The van der Waals surface area contributed by atoms with Crippen LogP contribution >= 0.6 is 11.6 Å². The van der Waals surface area contributed by atoms with E-state index in [2.05, 4.69) is 11.9 Å². The molecule has 2 N–H and O–H groups in total. The van der Waals surface area contributed by atoms with Crippen molar-refractivity contribution in [1.82, 2.24) is 5.32 Å². The number of hydrogen-bond acceptors (Lipinski definition) is 3. The third-order valence-corrected chi connectivity index (χ3v) is 3.72. The van der Waals surface area contributed by atoms with Crippen LogP contribution < -0.4 is 10.1 Å². The maximum Gasteiger partial charge on any atom is 0.138 e. The van der Waals surface area contributed by atoms with E-state index in [0.717, 1.165) is 24.8 Å². The fourth-order valence-electron chi connectivity index (χ4n) is 2.12. The fourth-order valence-corrected chi connectivity index (χ4v) is 2.38. The topological polar surface area (TPSA) is 41.5 Å². The number of rotatable bonds is 7. The van der Waals surface area contributed by atoms with E-state index in [1.54, 1.807) is 6.08 Å². The van der Waals surface area contributed by atoms with Gasteiger partial charge in [-0.2, -0.15) is 0 Å². The molecule has 0 aromatic heterocycles. The highest BCUT2D eigenvalue weighted by Crippen LogP contribution is 2.31. The minimum absolute atomic E-state index is 0.449.